The number of hydrogen-bond acceptors (Lipinski definition) is 4. The van der Waals surface area contributed by atoms with Crippen LogP contribution in [0.15, 0.2) is 349 Å². The Bertz CT molecular complexity index is 6050. The fraction of sp³-hybridized carbons (Fsp3) is 0.0208. The Balaban J connectivity index is 0.582. The van der Waals surface area contributed by atoms with E-state index in [1.165, 1.54) is 89.0 Å². The standard InChI is InChI=1S/C96H56N2O2/c1-7-37-81-69(23-1)70-24-2-8-38-82(70)95(81)85-41-11-5-27-73(85)75-45-43-63(53-87(75)95)67-31-17-35-79-77-33-15-29-65(91(77)99-93(67)79)61-21-13-19-57(51-61)59-47-49-97-89(55-59)90-56-60(48-50-98-90)58-20-14-22-62(52-58)66-30-16-34-78-80-36-18-32-68(94(80)100-92(66)78)64-44-46-76-74-28-6-12-42-86(74)96(88(76)54-64)83-39-9-3-25-71(83)72-26-4-10-40-84(72)96/h1-56H. The summed E-state index contributed by atoms with van der Waals surface area (Å²) < 4.78 is 14.4. The highest BCUT2D eigenvalue weighted by atomic mass is 16.3. The number of pyridine rings is 2. The van der Waals surface area contributed by atoms with Gasteiger partial charge >= 0.3 is 0 Å². The van der Waals surface area contributed by atoms with Gasteiger partial charge in [-0.3, -0.25) is 9.97 Å². The van der Waals surface area contributed by atoms with Crippen LogP contribution in [-0.2, 0) is 10.8 Å². The SMILES string of the molecule is c1cc(-c2ccnc(-c3cc(-c4cccc(-c5cccc6c5oc5c(-c7ccc8c(c7)C7(c9ccccc9-c9ccccc97)c7ccccc7-8)cccc56)c4)ccn3)c2)cc(-c2cccc3c2oc2c(-c4ccc5c(c4)C4(c6ccccc6-c6ccccc64)c4ccccc4-5)cccc23)c1. The summed E-state index contributed by atoms with van der Waals surface area (Å²) in [6.45, 7) is 0. The molecule has 462 valence electrons. The van der Waals surface area contributed by atoms with Crippen molar-refractivity contribution >= 4 is 43.9 Å². The van der Waals surface area contributed by atoms with Gasteiger partial charge in [-0.15, -0.1) is 0 Å². The fourth-order valence-electron chi connectivity index (χ4n) is 18.3. The molecule has 0 saturated carbocycles. The van der Waals surface area contributed by atoms with Crippen molar-refractivity contribution in [3.05, 3.63) is 384 Å². The molecule has 4 aliphatic carbocycles. The number of fused-ring (bicyclic) bond motifs is 26. The first-order chi connectivity index (χ1) is 49.6. The van der Waals surface area contributed by atoms with Crippen LogP contribution < -0.4 is 0 Å². The Morgan fingerprint density at radius 3 is 0.750 bits per heavy atom. The average molecular weight is 1270 g/mol. The van der Waals surface area contributed by atoms with Crippen molar-refractivity contribution in [3.8, 4) is 123 Å². The first-order valence-corrected chi connectivity index (χ1v) is 34.5. The second-order valence-electron chi connectivity index (χ2n) is 27.2. The van der Waals surface area contributed by atoms with Gasteiger partial charge in [-0.05, 0) is 182 Å². The Morgan fingerprint density at radius 2 is 0.430 bits per heavy atom. The molecule has 0 N–H and O–H groups in total. The van der Waals surface area contributed by atoms with Crippen molar-refractivity contribution in [3.63, 3.8) is 0 Å². The van der Waals surface area contributed by atoms with Crippen LogP contribution in [0.1, 0.15) is 44.5 Å². The number of para-hydroxylation sites is 4. The minimum Gasteiger partial charge on any atom is -0.455 e. The lowest BCUT2D eigenvalue weighted by atomic mass is 9.70. The van der Waals surface area contributed by atoms with E-state index in [-0.39, 0.29) is 0 Å². The topological polar surface area (TPSA) is 52.1 Å². The summed E-state index contributed by atoms with van der Waals surface area (Å²) in [7, 11) is 0. The van der Waals surface area contributed by atoms with Crippen molar-refractivity contribution in [1.82, 2.24) is 9.97 Å². The molecular weight excluding hydrogens is 1210 g/mol. The highest BCUT2D eigenvalue weighted by molar-refractivity contribution is 6.15. The first-order valence-electron chi connectivity index (χ1n) is 34.5. The molecule has 4 nitrogen and oxygen atoms in total. The molecule has 100 heavy (non-hydrogen) atoms. The third-order valence-corrected chi connectivity index (χ3v) is 22.5. The molecular formula is C96H56N2O2. The summed E-state index contributed by atoms with van der Waals surface area (Å²) in [5.74, 6) is 0. The molecule has 0 aliphatic heterocycles. The van der Waals surface area contributed by atoms with Gasteiger partial charge in [-0.25, -0.2) is 0 Å². The van der Waals surface area contributed by atoms with Gasteiger partial charge in [0.25, 0.3) is 0 Å². The van der Waals surface area contributed by atoms with Crippen LogP contribution in [-0.4, -0.2) is 9.97 Å². The van der Waals surface area contributed by atoms with Crippen molar-refractivity contribution in [2.45, 2.75) is 10.8 Å². The molecule has 0 radical (unpaired) electrons. The summed E-state index contributed by atoms with van der Waals surface area (Å²) in [6.07, 6.45) is 3.79. The fourth-order valence-corrected chi connectivity index (χ4v) is 18.3. The number of rotatable bonds is 7. The van der Waals surface area contributed by atoms with Crippen LogP contribution in [0.2, 0.25) is 0 Å². The quantitative estimate of drug-likeness (QED) is 0.160. The first kappa shape index (κ1) is 55.1. The molecule has 0 saturated heterocycles. The number of aromatic nitrogens is 2. The zero-order valence-corrected chi connectivity index (χ0v) is 54.0. The van der Waals surface area contributed by atoms with E-state index in [1.54, 1.807) is 0 Å². The van der Waals surface area contributed by atoms with Crippen molar-refractivity contribution in [2.24, 2.45) is 0 Å². The van der Waals surface area contributed by atoms with Crippen LogP contribution in [0.25, 0.3) is 167 Å². The molecule has 0 atom stereocenters. The number of furan rings is 2. The van der Waals surface area contributed by atoms with E-state index in [0.29, 0.717) is 0 Å². The van der Waals surface area contributed by atoms with E-state index >= 15 is 0 Å². The van der Waals surface area contributed by atoms with Crippen molar-refractivity contribution in [2.75, 3.05) is 0 Å². The van der Waals surface area contributed by atoms with Crippen LogP contribution in [0.5, 0.6) is 0 Å². The van der Waals surface area contributed by atoms with Gasteiger partial charge in [-0.1, -0.05) is 279 Å². The largest absolute Gasteiger partial charge is 0.455 e. The highest BCUT2D eigenvalue weighted by Crippen LogP contribution is 2.65. The van der Waals surface area contributed by atoms with Crippen LogP contribution in [0, 0.1) is 0 Å². The minimum atomic E-state index is -0.439. The zero-order chi connectivity index (χ0) is 65.4. The third kappa shape index (κ3) is 7.48. The second-order valence-corrected chi connectivity index (χ2v) is 27.2. The van der Waals surface area contributed by atoms with Gasteiger partial charge in [-0.2, -0.15) is 0 Å². The zero-order valence-electron chi connectivity index (χ0n) is 54.0. The molecule has 18 aromatic rings. The van der Waals surface area contributed by atoms with E-state index < -0.39 is 10.8 Å². The molecule has 4 aromatic heterocycles. The molecule has 4 heteroatoms. The summed E-state index contributed by atoms with van der Waals surface area (Å²) in [6, 6.07) is 120. The predicted molar refractivity (Wildman–Crippen MR) is 407 cm³/mol. The molecule has 0 fully saturated rings. The number of nitrogens with zero attached hydrogens (tertiary/aromatic N) is 2. The second kappa shape index (κ2) is 20.8. The molecule has 22 rings (SSSR count). The average Bonchev–Trinajstić information content (AvgIpc) is 1.52. The molecule has 0 unspecified atom stereocenters. The number of hydrogen-bond donors (Lipinski definition) is 0. The van der Waals surface area contributed by atoms with Gasteiger partial charge in [0, 0.05) is 56.2 Å². The summed E-state index contributed by atoms with van der Waals surface area (Å²) in [4.78, 5) is 9.88. The van der Waals surface area contributed by atoms with Crippen molar-refractivity contribution < 1.29 is 8.83 Å². The monoisotopic (exact) mass is 1270 g/mol. The third-order valence-electron chi connectivity index (χ3n) is 22.5. The summed E-state index contributed by atoms with van der Waals surface area (Å²) in [5.41, 5.74) is 38.0. The molecule has 4 aliphatic rings. The Kier molecular flexibility index (Phi) is 11.4. The Labute approximate surface area is 577 Å². The van der Waals surface area contributed by atoms with Gasteiger partial charge in [0.05, 0.1) is 22.2 Å². The maximum absolute atomic E-state index is 7.21. The Hall–Kier alpha value is -13.0. The highest BCUT2D eigenvalue weighted by Gasteiger charge is 2.53. The summed E-state index contributed by atoms with van der Waals surface area (Å²) in [5, 5.41) is 4.35. The van der Waals surface area contributed by atoms with E-state index in [4.69, 9.17) is 18.8 Å². The molecule has 0 bridgehead atoms. The maximum Gasteiger partial charge on any atom is 0.143 e. The van der Waals surface area contributed by atoms with E-state index in [2.05, 4.69) is 328 Å². The molecule has 4 heterocycles. The van der Waals surface area contributed by atoms with Gasteiger partial charge in [0.15, 0.2) is 0 Å². The smallest absolute Gasteiger partial charge is 0.143 e. The van der Waals surface area contributed by atoms with E-state index in [9.17, 15) is 0 Å². The van der Waals surface area contributed by atoms with Gasteiger partial charge in [0.2, 0.25) is 0 Å². The van der Waals surface area contributed by atoms with Gasteiger partial charge in [0.1, 0.15) is 22.3 Å². The van der Waals surface area contributed by atoms with Gasteiger partial charge < -0.3 is 8.83 Å². The van der Waals surface area contributed by atoms with Crippen LogP contribution in [0.3, 0.4) is 0 Å². The minimum absolute atomic E-state index is 0.439. The predicted octanol–water partition coefficient (Wildman–Crippen LogP) is 24.6. The lowest BCUT2D eigenvalue weighted by Gasteiger charge is -2.30. The van der Waals surface area contributed by atoms with Crippen LogP contribution in [0.4, 0.5) is 0 Å². The number of benzene rings is 14. The van der Waals surface area contributed by atoms with Crippen molar-refractivity contribution in [1.29, 1.82) is 0 Å². The Morgan fingerprint density at radius 1 is 0.180 bits per heavy atom. The lowest BCUT2D eigenvalue weighted by molar-refractivity contribution is 0.670. The molecule has 2 spiro atoms. The summed E-state index contributed by atoms with van der Waals surface area (Å²) >= 11 is 0. The van der Waals surface area contributed by atoms with E-state index in [1.807, 2.05) is 12.4 Å². The molecule has 14 aromatic carbocycles. The van der Waals surface area contributed by atoms with E-state index in [0.717, 1.165) is 122 Å². The maximum atomic E-state index is 7.21. The molecule has 0 amide bonds. The van der Waals surface area contributed by atoms with Crippen LogP contribution >= 0.6 is 0 Å². The normalized spacial score (nSPS) is 13.6. The lowest BCUT2D eigenvalue weighted by Crippen LogP contribution is -2.25.